The average Bonchev–Trinajstić information content (AvgIpc) is 3.26. The highest BCUT2D eigenvalue weighted by atomic mass is 16.5. The maximum Gasteiger partial charge on any atom is 0.273 e. The van der Waals surface area contributed by atoms with E-state index in [-0.39, 0.29) is 24.8 Å². The van der Waals surface area contributed by atoms with Crippen LogP contribution in [-0.4, -0.2) is 56.4 Å². The zero-order chi connectivity index (χ0) is 18.1. The topological polar surface area (TPSA) is 102 Å². The van der Waals surface area contributed by atoms with Crippen molar-refractivity contribution in [3.63, 3.8) is 0 Å². The molecule has 1 aliphatic heterocycles. The number of nitrogens with one attached hydrogen (secondary N) is 1. The Morgan fingerprint density at radius 3 is 3.04 bits per heavy atom. The molecule has 0 radical (unpaired) electrons. The number of pyridine rings is 1. The van der Waals surface area contributed by atoms with Gasteiger partial charge in [-0.25, -0.2) is 4.68 Å². The Hall–Kier alpha value is -2.84. The summed E-state index contributed by atoms with van der Waals surface area (Å²) in [6.07, 6.45) is 2.22. The monoisotopic (exact) mass is 353 g/mol. The van der Waals surface area contributed by atoms with Gasteiger partial charge in [-0.05, 0) is 19.1 Å². The van der Waals surface area contributed by atoms with E-state index in [2.05, 4.69) is 20.6 Å². The van der Waals surface area contributed by atoms with Crippen LogP contribution in [0.25, 0.3) is 16.6 Å². The molecule has 1 fully saturated rings. The van der Waals surface area contributed by atoms with Gasteiger partial charge in [-0.3, -0.25) is 9.78 Å². The smallest absolute Gasteiger partial charge is 0.273 e. The first kappa shape index (κ1) is 16.6. The van der Waals surface area contributed by atoms with Gasteiger partial charge in [-0.1, -0.05) is 23.4 Å². The molecule has 8 nitrogen and oxygen atoms in total. The number of ether oxygens (including phenoxy) is 1. The minimum Gasteiger partial charge on any atom is -0.386 e. The highest BCUT2D eigenvalue weighted by Crippen LogP contribution is 2.21. The van der Waals surface area contributed by atoms with E-state index in [0.717, 1.165) is 16.6 Å². The summed E-state index contributed by atoms with van der Waals surface area (Å²) in [6, 6.07) is 9.61. The van der Waals surface area contributed by atoms with E-state index < -0.39 is 5.60 Å². The van der Waals surface area contributed by atoms with Crippen molar-refractivity contribution in [3.05, 3.63) is 47.9 Å². The molecule has 2 aromatic heterocycles. The molecule has 0 saturated carbocycles. The van der Waals surface area contributed by atoms with Crippen molar-refractivity contribution in [2.45, 2.75) is 18.9 Å². The summed E-state index contributed by atoms with van der Waals surface area (Å²) in [5, 5.41) is 22.1. The van der Waals surface area contributed by atoms with Crippen molar-refractivity contribution in [2.24, 2.45) is 0 Å². The molecule has 1 saturated heterocycles. The number of hydrogen-bond donors (Lipinski definition) is 2. The highest BCUT2D eigenvalue weighted by Gasteiger charge is 2.33. The lowest BCUT2D eigenvalue weighted by Crippen LogP contribution is -2.43. The second-order valence-corrected chi connectivity index (χ2v) is 6.50. The van der Waals surface area contributed by atoms with Crippen molar-refractivity contribution in [1.29, 1.82) is 0 Å². The summed E-state index contributed by atoms with van der Waals surface area (Å²) >= 11 is 0. The van der Waals surface area contributed by atoms with Crippen LogP contribution in [0.1, 0.15) is 22.6 Å². The first-order valence-electron chi connectivity index (χ1n) is 8.42. The Morgan fingerprint density at radius 1 is 1.38 bits per heavy atom. The largest absolute Gasteiger partial charge is 0.386 e. The van der Waals surface area contributed by atoms with Crippen LogP contribution in [-0.2, 0) is 4.74 Å². The maximum atomic E-state index is 12.5. The minimum absolute atomic E-state index is 0.119. The molecule has 8 heteroatoms. The number of aromatic nitrogens is 4. The van der Waals surface area contributed by atoms with Crippen molar-refractivity contribution in [1.82, 2.24) is 25.3 Å². The van der Waals surface area contributed by atoms with E-state index in [1.54, 1.807) is 17.8 Å². The molecule has 1 amide bonds. The number of nitrogens with zero attached hydrogens (tertiary/aromatic N) is 4. The number of fused-ring (bicyclic) bond motifs is 1. The fourth-order valence-electron chi connectivity index (χ4n) is 3.09. The van der Waals surface area contributed by atoms with Crippen LogP contribution in [0.4, 0.5) is 0 Å². The predicted molar refractivity (Wildman–Crippen MR) is 94.1 cm³/mol. The van der Waals surface area contributed by atoms with E-state index in [1.807, 2.05) is 30.3 Å². The molecule has 0 bridgehead atoms. The van der Waals surface area contributed by atoms with Gasteiger partial charge in [-0.15, -0.1) is 5.10 Å². The third-order valence-electron chi connectivity index (χ3n) is 4.61. The predicted octanol–water partition coefficient (Wildman–Crippen LogP) is 1.01. The second kappa shape index (κ2) is 6.47. The van der Waals surface area contributed by atoms with Gasteiger partial charge in [0.25, 0.3) is 5.91 Å². The fourth-order valence-corrected chi connectivity index (χ4v) is 3.09. The lowest BCUT2D eigenvalue weighted by atomic mass is 10.0. The van der Waals surface area contributed by atoms with Gasteiger partial charge in [0, 0.05) is 31.2 Å². The Bertz CT molecular complexity index is 957. The van der Waals surface area contributed by atoms with Crippen LogP contribution >= 0.6 is 0 Å². The number of carbonyl (C=O) groups is 1. The van der Waals surface area contributed by atoms with E-state index in [1.165, 1.54) is 0 Å². The number of hydrogen-bond acceptors (Lipinski definition) is 6. The van der Waals surface area contributed by atoms with E-state index in [9.17, 15) is 9.90 Å². The average molecular weight is 353 g/mol. The van der Waals surface area contributed by atoms with Gasteiger partial charge in [-0.2, -0.15) is 0 Å². The van der Waals surface area contributed by atoms with Gasteiger partial charge in [0.05, 0.1) is 23.5 Å². The number of aliphatic hydroxyl groups is 1. The summed E-state index contributed by atoms with van der Waals surface area (Å²) in [7, 11) is 0. The normalized spacial score (nSPS) is 19.8. The first-order valence-corrected chi connectivity index (χ1v) is 8.42. The Kier molecular flexibility index (Phi) is 4.14. The molecular formula is C18H19N5O3. The third-order valence-corrected chi connectivity index (χ3v) is 4.61. The number of carbonyl (C=O) groups excluding carboxylic acids is 1. The SMILES string of the molecule is Cc1c(C(=O)NC[C@@]2(O)CCOC2)nnn1-c1cccc2cccnc12. The molecule has 134 valence electrons. The van der Waals surface area contributed by atoms with Gasteiger partial charge < -0.3 is 15.2 Å². The van der Waals surface area contributed by atoms with E-state index in [4.69, 9.17) is 4.74 Å². The van der Waals surface area contributed by atoms with Crippen LogP contribution in [0.2, 0.25) is 0 Å². The number of rotatable bonds is 4. The van der Waals surface area contributed by atoms with Crippen LogP contribution in [0.15, 0.2) is 36.5 Å². The van der Waals surface area contributed by atoms with Crippen molar-refractivity contribution >= 4 is 16.8 Å². The molecule has 3 aromatic rings. The lowest BCUT2D eigenvalue weighted by molar-refractivity contribution is 0.0264. The first-order chi connectivity index (χ1) is 12.6. The number of para-hydroxylation sites is 1. The van der Waals surface area contributed by atoms with Gasteiger partial charge in [0.15, 0.2) is 5.69 Å². The van der Waals surface area contributed by atoms with Gasteiger partial charge >= 0.3 is 0 Å². The molecule has 0 aliphatic carbocycles. The minimum atomic E-state index is -1.01. The van der Waals surface area contributed by atoms with Crippen LogP contribution < -0.4 is 5.32 Å². The van der Waals surface area contributed by atoms with E-state index in [0.29, 0.717) is 18.7 Å². The lowest BCUT2D eigenvalue weighted by Gasteiger charge is -2.20. The van der Waals surface area contributed by atoms with Crippen LogP contribution in [0.3, 0.4) is 0 Å². The molecule has 1 aromatic carbocycles. The Morgan fingerprint density at radius 2 is 2.23 bits per heavy atom. The summed E-state index contributed by atoms with van der Waals surface area (Å²) in [4.78, 5) is 16.9. The third kappa shape index (κ3) is 2.93. The Labute approximate surface area is 149 Å². The van der Waals surface area contributed by atoms with Gasteiger partial charge in [0.2, 0.25) is 0 Å². The zero-order valence-electron chi connectivity index (χ0n) is 14.3. The fraction of sp³-hybridized carbons (Fsp3) is 0.333. The molecule has 2 N–H and O–H groups in total. The maximum absolute atomic E-state index is 12.5. The Balaban J connectivity index is 1.61. The van der Waals surface area contributed by atoms with Crippen LogP contribution in [0.5, 0.6) is 0 Å². The van der Waals surface area contributed by atoms with E-state index >= 15 is 0 Å². The van der Waals surface area contributed by atoms with Crippen molar-refractivity contribution in [3.8, 4) is 5.69 Å². The molecule has 1 aliphatic rings. The molecular weight excluding hydrogens is 334 g/mol. The molecule has 4 rings (SSSR count). The zero-order valence-corrected chi connectivity index (χ0v) is 14.3. The summed E-state index contributed by atoms with van der Waals surface area (Å²) in [5.74, 6) is -0.373. The number of benzene rings is 1. The molecule has 3 heterocycles. The molecule has 0 spiro atoms. The number of amides is 1. The second-order valence-electron chi connectivity index (χ2n) is 6.50. The quantitative estimate of drug-likeness (QED) is 0.726. The van der Waals surface area contributed by atoms with Gasteiger partial charge in [0.1, 0.15) is 5.60 Å². The summed E-state index contributed by atoms with van der Waals surface area (Å²) in [5.41, 5.74) is 1.36. The summed E-state index contributed by atoms with van der Waals surface area (Å²) in [6.45, 7) is 2.62. The summed E-state index contributed by atoms with van der Waals surface area (Å²) < 4.78 is 6.79. The van der Waals surface area contributed by atoms with Crippen molar-refractivity contribution < 1.29 is 14.6 Å². The van der Waals surface area contributed by atoms with Crippen LogP contribution in [0, 0.1) is 6.92 Å². The standard InChI is InChI=1S/C18H19N5O3/c1-12-15(17(24)20-10-18(25)7-9-26-11-18)21-22-23(12)14-6-2-4-13-5-3-8-19-16(13)14/h2-6,8,25H,7,9-11H2,1H3,(H,20,24)/t18-/m0/s1. The van der Waals surface area contributed by atoms with Crippen molar-refractivity contribution in [2.75, 3.05) is 19.8 Å². The molecule has 0 unspecified atom stereocenters. The molecule has 26 heavy (non-hydrogen) atoms. The highest BCUT2D eigenvalue weighted by molar-refractivity contribution is 5.93. The molecule has 1 atom stereocenters.